The number of rotatable bonds is 4. The van der Waals surface area contributed by atoms with Gasteiger partial charge in [0.15, 0.2) is 0 Å². The van der Waals surface area contributed by atoms with Crippen LogP contribution in [0.2, 0.25) is 0 Å². The molecule has 0 heterocycles. The number of hydrogen-bond donors (Lipinski definition) is 0. The van der Waals surface area contributed by atoms with Gasteiger partial charge >= 0.3 is 0 Å². The van der Waals surface area contributed by atoms with Gasteiger partial charge in [-0.25, -0.2) is 0 Å². The van der Waals surface area contributed by atoms with Crippen molar-refractivity contribution in [2.45, 2.75) is 92.9 Å². The zero-order valence-electron chi connectivity index (χ0n) is 19.4. The molecule has 3 fully saturated rings. The second-order valence-electron chi connectivity index (χ2n) is 11.7. The van der Waals surface area contributed by atoms with Crippen LogP contribution in [0.4, 0.5) is 0 Å². The Morgan fingerprint density at radius 3 is 2.43 bits per heavy atom. The molecule has 4 aliphatic rings. The van der Waals surface area contributed by atoms with Crippen LogP contribution in [-0.2, 0) is 0 Å². The molecule has 0 saturated heterocycles. The number of allylic oxidation sites excluding steroid dienone is 6. The first-order chi connectivity index (χ1) is 13.3. The molecule has 1 unspecified atom stereocenters. The van der Waals surface area contributed by atoms with Crippen LogP contribution in [-0.4, -0.2) is 0 Å². The van der Waals surface area contributed by atoms with Gasteiger partial charge in [-0.3, -0.25) is 0 Å². The van der Waals surface area contributed by atoms with Gasteiger partial charge in [-0.05, 0) is 91.3 Å². The summed E-state index contributed by atoms with van der Waals surface area (Å²) < 4.78 is 0. The lowest BCUT2D eigenvalue weighted by Gasteiger charge is -2.54. The van der Waals surface area contributed by atoms with Crippen LogP contribution in [0.3, 0.4) is 0 Å². The van der Waals surface area contributed by atoms with Crippen LogP contribution < -0.4 is 0 Å². The Morgan fingerprint density at radius 1 is 0.893 bits per heavy atom. The molecule has 4 rings (SSSR count). The first-order valence-corrected chi connectivity index (χ1v) is 12.4. The molecule has 0 aromatic heterocycles. The minimum Gasteiger partial charge on any atom is -0.0852 e. The van der Waals surface area contributed by atoms with Gasteiger partial charge in [-0.1, -0.05) is 83.4 Å². The van der Waals surface area contributed by atoms with Gasteiger partial charge in [-0.2, -0.15) is 0 Å². The lowest BCUT2D eigenvalue weighted by atomic mass is 9.50. The van der Waals surface area contributed by atoms with Crippen molar-refractivity contribution in [3.63, 3.8) is 0 Å². The van der Waals surface area contributed by atoms with E-state index in [-0.39, 0.29) is 0 Å². The van der Waals surface area contributed by atoms with Crippen molar-refractivity contribution in [2.75, 3.05) is 0 Å². The van der Waals surface area contributed by atoms with Gasteiger partial charge in [0, 0.05) is 0 Å². The van der Waals surface area contributed by atoms with E-state index in [1.54, 1.807) is 5.57 Å². The lowest BCUT2D eigenvalue weighted by molar-refractivity contribution is 0.0575. The molecule has 156 valence electrons. The molecular formula is C28H44. The molecule has 0 heteroatoms. The normalized spacial score (nSPS) is 42.5. The Kier molecular flexibility index (Phi) is 5.47. The summed E-state index contributed by atoms with van der Waals surface area (Å²) >= 11 is 0. The Morgan fingerprint density at radius 2 is 1.68 bits per heavy atom. The van der Waals surface area contributed by atoms with Crippen molar-refractivity contribution in [3.05, 3.63) is 35.5 Å². The van der Waals surface area contributed by atoms with Crippen molar-refractivity contribution in [1.82, 2.24) is 0 Å². The minimum absolute atomic E-state index is 0.486. The maximum absolute atomic E-state index is 2.66. The van der Waals surface area contributed by atoms with Crippen molar-refractivity contribution < 1.29 is 0 Å². The van der Waals surface area contributed by atoms with Gasteiger partial charge in [0.05, 0.1) is 0 Å². The van der Waals surface area contributed by atoms with Crippen molar-refractivity contribution in [2.24, 2.45) is 46.3 Å². The molecule has 3 saturated carbocycles. The molecule has 0 aromatic rings. The van der Waals surface area contributed by atoms with Crippen molar-refractivity contribution in [1.29, 1.82) is 0 Å². The highest BCUT2D eigenvalue weighted by molar-refractivity contribution is 5.38. The zero-order chi connectivity index (χ0) is 20.1. The molecule has 0 spiro atoms. The van der Waals surface area contributed by atoms with Crippen LogP contribution in [0, 0.1) is 46.3 Å². The summed E-state index contributed by atoms with van der Waals surface area (Å²) in [6.07, 6.45) is 21.7. The van der Waals surface area contributed by atoms with Crippen LogP contribution in [0.1, 0.15) is 92.9 Å². The average Bonchev–Trinajstić information content (AvgIpc) is 3.02. The average molecular weight is 381 g/mol. The highest BCUT2D eigenvalue weighted by Crippen LogP contribution is 2.65. The predicted molar refractivity (Wildman–Crippen MR) is 122 cm³/mol. The summed E-state index contributed by atoms with van der Waals surface area (Å²) in [5.74, 6) is 4.70. The first-order valence-electron chi connectivity index (χ1n) is 12.4. The third-order valence-corrected chi connectivity index (χ3v) is 9.96. The Balaban J connectivity index is 1.57. The van der Waals surface area contributed by atoms with E-state index in [0.717, 1.165) is 23.7 Å². The third kappa shape index (κ3) is 3.18. The molecule has 0 nitrogen and oxygen atoms in total. The maximum atomic E-state index is 2.66. The second-order valence-corrected chi connectivity index (χ2v) is 11.7. The summed E-state index contributed by atoms with van der Waals surface area (Å²) in [5, 5.41) is 0. The topological polar surface area (TPSA) is 0 Å². The summed E-state index contributed by atoms with van der Waals surface area (Å²) in [7, 11) is 0. The minimum atomic E-state index is 0.486. The van der Waals surface area contributed by atoms with Crippen LogP contribution >= 0.6 is 0 Å². The lowest BCUT2D eigenvalue weighted by Crippen LogP contribution is -2.45. The molecule has 7 atom stereocenters. The van der Waals surface area contributed by atoms with Gasteiger partial charge < -0.3 is 0 Å². The SMILES string of the molecule is CC(C)C(C)C=C[C@@H](C)[C@H]1CC[C@H]2C3=CC=C4CCCC[C@]4(C)[C@H]3CC[C@]12C. The molecule has 28 heavy (non-hydrogen) atoms. The fraction of sp³-hybridized carbons (Fsp3) is 0.786. The van der Waals surface area contributed by atoms with E-state index in [1.807, 2.05) is 5.57 Å². The highest BCUT2D eigenvalue weighted by Gasteiger charge is 2.56. The van der Waals surface area contributed by atoms with Crippen LogP contribution in [0.15, 0.2) is 35.5 Å². The quantitative estimate of drug-likeness (QED) is 0.430. The molecule has 0 aromatic carbocycles. The summed E-state index contributed by atoms with van der Waals surface area (Å²) in [5.41, 5.74) is 4.64. The van der Waals surface area contributed by atoms with E-state index in [0.29, 0.717) is 22.7 Å². The maximum Gasteiger partial charge on any atom is -0.00476 e. The van der Waals surface area contributed by atoms with Crippen LogP contribution in [0.5, 0.6) is 0 Å². The summed E-state index contributed by atoms with van der Waals surface area (Å²) in [4.78, 5) is 0. The van der Waals surface area contributed by atoms with Gasteiger partial charge in [0.1, 0.15) is 0 Å². The molecule has 0 aliphatic heterocycles. The molecule has 0 amide bonds. The van der Waals surface area contributed by atoms with Crippen molar-refractivity contribution in [3.8, 4) is 0 Å². The summed E-state index contributed by atoms with van der Waals surface area (Å²) in [6.45, 7) is 14.8. The molecule has 4 aliphatic carbocycles. The van der Waals surface area contributed by atoms with E-state index >= 15 is 0 Å². The van der Waals surface area contributed by atoms with Gasteiger partial charge in [-0.15, -0.1) is 0 Å². The standard InChI is InChI=1S/C28H44/c1-19(2)20(3)10-11-21(4)24-14-15-25-23-13-12-22-9-7-8-17-27(22,5)26(23)16-18-28(24,25)6/h10-13,19-21,24-26H,7-9,14-18H2,1-6H3/t20?,21-,24-,25+,26+,27+,28-/m1/s1. The summed E-state index contributed by atoms with van der Waals surface area (Å²) in [6, 6.07) is 0. The van der Waals surface area contributed by atoms with Gasteiger partial charge in [0.2, 0.25) is 0 Å². The monoisotopic (exact) mass is 380 g/mol. The molecular weight excluding hydrogens is 336 g/mol. The van der Waals surface area contributed by atoms with E-state index in [4.69, 9.17) is 0 Å². The fourth-order valence-electron chi connectivity index (χ4n) is 7.65. The van der Waals surface area contributed by atoms with E-state index in [9.17, 15) is 0 Å². The molecule has 0 radical (unpaired) electrons. The fourth-order valence-corrected chi connectivity index (χ4v) is 7.65. The Hall–Kier alpha value is -0.780. The highest BCUT2D eigenvalue weighted by atomic mass is 14.6. The van der Waals surface area contributed by atoms with Crippen LogP contribution in [0.25, 0.3) is 0 Å². The Bertz CT molecular complexity index is 676. The molecule has 0 bridgehead atoms. The zero-order valence-corrected chi connectivity index (χ0v) is 19.4. The number of hydrogen-bond acceptors (Lipinski definition) is 0. The predicted octanol–water partition coefficient (Wildman–Crippen LogP) is 8.36. The second kappa shape index (κ2) is 7.48. The molecule has 0 N–H and O–H groups in total. The van der Waals surface area contributed by atoms with E-state index in [1.165, 1.54) is 51.4 Å². The van der Waals surface area contributed by atoms with Gasteiger partial charge in [0.25, 0.3) is 0 Å². The van der Waals surface area contributed by atoms with E-state index < -0.39 is 0 Å². The third-order valence-electron chi connectivity index (χ3n) is 9.96. The van der Waals surface area contributed by atoms with Crippen molar-refractivity contribution >= 4 is 0 Å². The largest absolute Gasteiger partial charge is 0.0852 e. The number of fused-ring (bicyclic) bond motifs is 5. The Labute approximate surface area is 175 Å². The first kappa shape index (κ1) is 20.5. The smallest absolute Gasteiger partial charge is 0.00476 e. The van der Waals surface area contributed by atoms with E-state index in [2.05, 4.69) is 65.8 Å².